The molecule has 3 heterocycles. The first kappa shape index (κ1) is 10.4. The molecule has 0 spiro atoms. The number of aromatic amines is 1. The number of anilines is 1. The summed E-state index contributed by atoms with van der Waals surface area (Å²) in [5.74, 6) is 0.456. The standard InChI is InChI=1S/C8H7N5O2S2/c9-6-5-8(13-17(14,15)12-6)11-7(10-5)4-2-1-3-16-4/h1-3H,(H4,9,10,11,12,13,14,15). The van der Waals surface area contributed by atoms with Crippen molar-refractivity contribution in [2.75, 3.05) is 4.72 Å². The van der Waals surface area contributed by atoms with Gasteiger partial charge < -0.3 is 4.98 Å². The summed E-state index contributed by atoms with van der Waals surface area (Å²) in [6.45, 7) is 0. The van der Waals surface area contributed by atoms with E-state index < -0.39 is 10.2 Å². The van der Waals surface area contributed by atoms with E-state index in [0.29, 0.717) is 11.5 Å². The number of nitrogens with zero attached hydrogens (tertiary/aromatic N) is 2. The molecule has 0 aromatic carbocycles. The second-order valence-electron chi connectivity index (χ2n) is 3.32. The highest BCUT2D eigenvalue weighted by molar-refractivity contribution is 7.89. The van der Waals surface area contributed by atoms with Gasteiger partial charge >= 0.3 is 0 Å². The summed E-state index contributed by atoms with van der Waals surface area (Å²) >= 11 is 1.48. The van der Waals surface area contributed by atoms with Gasteiger partial charge in [0.05, 0.1) is 4.88 Å². The zero-order chi connectivity index (χ0) is 12.0. The molecule has 1 unspecified atom stereocenters. The molecule has 1 aliphatic heterocycles. The fourth-order valence-corrected chi connectivity index (χ4v) is 2.92. The molecule has 9 heteroatoms. The molecule has 17 heavy (non-hydrogen) atoms. The lowest BCUT2D eigenvalue weighted by molar-refractivity contribution is 0.558. The third-order valence-electron chi connectivity index (χ3n) is 2.14. The lowest BCUT2D eigenvalue weighted by Crippen LogP contribution is -2.20. The van der Waals surface area contributed by atoms with Gasteiger partial charge in [-0.2, -0.15) is 4.21 Å². The number of aromatic nitrogens is 2. The first-order chi connectivity index (χ1) is 8.05. The molecule has 0 radical (unpaired) electrons. The Bertz CT molecular complexity index is 708. The van der Waals surface area contributed by atoms with E-state index in [9.17, 15) is 8.76 Å². The minimum Gasteiger partial charge on any atom is -0.333 e. The maximum atomic E-state index is 11.4. The lowest BCUT2D eigenvalue weighted by atomic mass is 10.4. The topological polar surface area (TPSA) is 114 Å². The van der Waals surface area contributed by atoms with Gasteiger partial charge in [-0.15, -0.1) is 15.7 Å². The molecule has 1 atom stereocenters. The Morgan fingerprint density at radius 1 is 1.53 bits per heavy atom. The van der Waals surface area contributed by atoms with Crippen LogP contribution in [0, 0.1) is 5.41 Å². The minimum atomic E-state index is -3.58. The molecule has 7 nitrogen and oxygen atoms in total. The summed E-state index contributed by atoms with van der Waals surface area (Å²) < 4.78 is 26.3. The van der Waals surface area contributed by atoms with Gasteiger partial charge in [-0.05, 0) is 11.4 Å². The Morgan fingerprint density at radius 2 is 2.35 bits per heavy atom. The highest BCUT2D eigenvalue weighted by Gasteiger charge is 2.24. The highest BCUT2D eigenvalue weighted by atomic mass is 32.2. The van der Waals surface area contributed by atoms with Gasteiger partial charge in [0, 0.05) is 0 Å². The van der Waals surface area contributed by atoms with Gasteiger partial charge in [0.15, 0.2) is 17.5 Å². The summed E-state index contributed by atoms with van der Waals surface area (Å²) in [4.78, 5) is 7.94. The third kappa shape index (κ3) is 1.73. The quantitative estimate of drug-likeness (QED) is 0.632. The van der Waals surface area contributed by atoms with Gasteiger partial charge in [0.1, 0.15) is 5.69 Å². The molecule has 0 aliphatic carbocycles. The van der Waals surface area contributed by atoms with Crippen LogP contribution in [0.15, 0.2) is 21.9 Å². The third-order valence-corrected chi connectivity index (χ3v) is 3.91. The summed E-state index contributed by atoms with van der Waals surface area (Å²) in [7, 11) is -3.58. The summed E-state index contributed by atoms with van der Waals surface area (Å²) in [6, 6.07) is 3.74. The molecule has 0 fully saturated rings. The number of H-pyrrole nitrogens is 1. The molecule has 88 valence electrons. The van der Waals surface area contributed by atoms with E-state index in [1.54, 1.807) is 0 Å². The Labute approximate surface area is 101 Å². The fraction of sp³-hybridized carbons (Fsp3) is 0. The summed E-state index contributed by atoms with van der Waals surface area (Å²) in [5, 5.41) is 9.45. The van der Waals surface area contributed by atoms with Crippen LogP contribution in [-0.2, 0) is 10.2 Å². The van der Waals surface area contributed by atoms with Crippen LogP contribution >= 0.6 is 11.3 Å². The van der Waals surface area contributed by atoms with Crippen molar-refractivity contribution < 1.29 is 8.76 Å². The Hall–Kier alpha value is -1.71. The molecular formula is C8H7N5O2S2. The number of nitrogens with one attached hydrogen (secondary N) is 3. The number of amidine groups is 1. The van der Waals surface area contributed by atoms with Gasteiger partial charge in [0.2, 0.25) is 0 Å². The SMILES string of the molecule is N=C1N=S(=O)(O)Nc2nc(-c3cccs3)[nH]c21. The van der Waals surface area contributed by atoms with E-state index >= 15 is 0 Å². The Balaban J connectivity index is 2.13. The van der Waals surface area contributed by atoms with Crippen LogP contribution in [0.4, 0.5) is 5.82 Å². The van der Waals surface area contributed by atoms with Crippen molar-refractivity contribution in [1.82, 2.24) is 9.97 Å². The molecule has 0 amide bonds. The zero-order valence-electron chi connectivity index (χ0n) is 8.30. The summed E-state index contributed by atoms with van der Waals surface area (Å²) in [6.07, 6.45) is 0. The fourth-order valence-electron chi connectivity index (χ4n) is 1.47. The molecule has 4 N–H and O–H groups in total. The van der Waals surface area contributed by atoms with Crippen LogP contribution in [0.2, 0.25) is 0 Å². The first-order valence-corrected chi connectivity index (χ1v) is 6.90. The predicted molar refractivity (Wildman–Crippen MR) is 65.6 cm³/mol. The molecule has 3 rings (SSSR count). The maximum Gasteiger partial charge on any atom is 0.259 e. The minimum absolute atomic E-state index is 0.181. The van der Waals surface area contributed by atoms with Crippen molar-refractivity contribution >= 4 is 33.2 Å². The van der Waals surface area contributed by atoms with Crippen molar-refractivity contribution in [2.45, 2.75) is 0 Å². The predicted octanol–water partition coefficient (Wildman–Crippen LogP) is 1.75. The van der Waals surface area contributed by atoms with Gasteiger partial charge in [0.25, 0.3) is 10.2 Å². The van der Waals surface area contributed by atoms with Gasteiger partial charge in [-0.3, -0.25) is 14.7 Å². The number of imidazole rings is 1. The monoisotopic (exact) mass is 269 g/mol. The number of thiophene rings is 1. The van der Waals surface area contributed by atoms with Crippen LogP contribution < -0.4 is 4.72 Å². The second-order valence-corrected chi connectivity index (χ2v) is 5.65. The Morgan fingerprint density at radius 3 is 3.06 bits per heavy atom. The average Bonchev–Trinajstić information content (AvgIpc) is 2.81. The molecule has 0 saturated carbocycles. The zero-order valence-corrected chi connectivity index (χ0v) is 9.93. The normalized spacial score (nSPS) is 22.8. The van der Waals surface area contributed by atoms with E-state index in [-0.39, 0.29) is 11.7 Å². The molecular weight excluding hydrogens is 262 g/mol. The Kier molecular flexibility index (Phi) is 2.08. The van der Waals surface area contributed by atoms with Crippen LogP contribution in [0.25, 0.3) is 10.7 Å². The van der Waals surface area contributed by atoms with Gasteiger partial charge in [-0.25, -0.2) is 4.98 Å². The lowest BCUT2D eigenvalue weighted by Gasteiger charge is -2.10. The summed E-state index contributed by atoms with van der Waals surface area (Å²) in [5.41, 5.74) is 0.321. The van der Waals surface area contributed by atoms with Crippen molar-refractivity contribution in [3.05, 3.63) is 23.2 Å². The van der Waals surface area contributed by atoms with Crippen molar-refractivity contribution in [1.29, 1.82) is 5.41 Å². The second kappa shape index (κ2) is 3.39. The van der Waals surface area contributed by atoms with Crippen LogP contribution in [-0.4, -0.2) is 24.6 Å². The van der Waals surface area contributed by atoms with E-state index in [2.05, 4.69) is 19.1 Å². The molecule has 2 aromatic heterocycles. The maximum absolute atomic E-state index is 11.4. The van der Waals surface area contributed by atoms with E-state index in [0.717, 1.165) is 4.88 Å². The highest BCUT2D eigenvalue weighted by Crippen LogP contribution is 2.27. The number of hydrogen-bond donors (Lipinski definition) is 4. The van der Waals surface area contributed by atoms with Crippen LogP contribution in [0.3, 0.4) is 0 Å². The van der Waals surface area contributed by atoms with E-state index in [4.69, 9.17) is 5.41 Å². The van der Waals surface area contributed by atoms with E-state index in [1.807, 2.05) is 17.5 Å². The largest absolute Gasteiger partial charge is 0.333 e. The van der Waals surface area contributed by atoms with Gasteiger partial charge in [-0.1, -0.05) is 6.07 Å². The molecule has 2 aromatic rings. The van der Waals surface area contributed by atoms with Crippen molar-refractivity contribution in [3.8, 4) is 10.7 Å². The first-order valence-electron chi connectivity index (χ1n) is 4.55. The molecule has 0 bridgehead atoms. The van der Waals surface area contributed by atoms with Crippen molar-refractivity contribution in [3.63, 3.8) is 0 Å². The van der Waals surface area contributed by atoms with Crippen molar-refractivity contribution in [2.24, 2.45) is 4.36 Å². The van der Waals surface area contributed by atoms with Crippen LogP contribution in [0.5, 0.6) is 0 Å². The molecule has 1 aliphatic rings. The number of hydrogen-bond acceptors (Lipinski definition) is 4. The number of fused-ring (bicyclic) bond motifs is 1. The van der Waals surface area contributed by atoms with Crippen LogP contribution in [0.1, 0.15) is 5.69 Å². The number of rotatable bonds is 1. The van der Waals surface area contributed by atoms with E-state index in [1.165, 1.54) is 11.3 Å². The smallest absolute Gasteiger partial charge is 0.259 e. The molecule has 0 saturated heterocycles. The average molecular weight is 269 g/mol.